The van der Waals surface area contributed by atoms with Gasteiger partial charge in [0.2, 0.25) is 0 Å². The van der Waals surface area contributed by atoms with Gasteiger partial charge in [0, 0.05) is 6.92 Å². The van der Waals surface area contributed by atoms with Gasteiger partial charge < -0.3 is 9.47 Å². The fourth-order valence-corrected chi connectivity index (χ4v) is 0.371. The van der Waals surface area contributed by atoms with Crippen molar-refractivity contribution in [2.24, 2.45) is 0 Å². The van der Waals surface area contributed by atoms with Gasteiger partial charge in [-0.1, -0.05) is 0 Å². The number of ether oxygens (including phenoxy) is 2. The standard InChI is InChI=1S/C5H5NO2.C5H7NO/c1-4(3-6)8-5(2)7;1-2-7-5-3-4-6/h1H2,2H3;3,5H,2H2,1H3/b;5-3+. The number of rotatable bonds is 3. The quantitative estimate of drug-likeness (QED) is 0.400. The highest BCUT2D eigenvalue weighted by atomic mass is 16.5. The second-order valence-corrected chi connectivity index (χ2v) is 2.02. The smallest absolute Gasteiger partial charge is 0.308 e. The lowest BCUT2D eigenvalue weighted by Crippen LogP contribution is -1.94. The van der Waals surface area contributed by atoms with Crippen LogP contribution in [0.25, 0.3) is 0 Å². The first-order valence-electron chi connectivity index (χ1n) is 4.02. The summed E-state index contributed by atoms with van der Waals surface area (Å²) in [5.41, 5.74) is 0. The molecule has 0 saturated carbocycles. The van der Waals surface area contributed by atoms with E-state index in [1.54, 1.807) is 12.1 Å². The van der Waals surface area contributed by atoms with Gasteiger partial charge in [0.15, 0.2) is 5.76 Å². The molecule has 0 atom stereocenters. The van der Waals surface area contributed by atoms with E-state index in [1.807, 2.05) is 6.92 Å². The van der Waals surface area contributed by atoms with Gasteiger partial charge in [-0.3, -0.25) is 4.79 Å². The van der Waals surface area contributed by atoms with Crippen LogP contribution in [-0.4, -0.2) is 12.6 Å². The molecule has 0 aromatic heterocycles. The lowest BCUT2D eigenvalue weighted by atomic mass is 10.6. The lowest BCUT2D eigenvalue weighted by molar-refractivity contribution is -0.136. The van der Waals surface area contributed by atoms with Crippen LogP contribution in [0.4, 0.5) is 0 Å². The van der Waals surface area contributed by atoms with Gasteiger partial charge in [-0.25, -0.2) is 0 Å². The largest absolute Gasteiger partial charge is 0.501 e. The van der Waals surface area contributed by atoms with E-state index in [-0.39, 0.29) is 5.76 Å². The molecule has 5 heteroatoms. The number of nitrogens with zero attached hydrogens (tertiary/aromatic N) is 2. The zero-order valence-electron chi connectivity index (χ0n) is 8.69. The van der Waals surface area contributed by atoms with Crippen molar-refractivity contribution in [1.82, 2.24) is 0 Å². The minimum atomic E-state index is -0.517. The van der Waals surface area contributed by atoms with Crippen LogP contribution in [-0.2, 0) is 14.3 Å². The molecule has 0 spiro atoms. The third-order valence-electron chi connectivity index (χ3n) is 0.797. The summed E-state index contributed by atoms with van der Waals surface area (Å²) in [7, 11) is 0. The topological polar surface area (TPSA) is 83.1 Å². The molecule has 0 amide bonds. The summed E-state index contributed by atoms with van der Waals surface area (Å²) in [5, 5.41) is 15.8. The lowest BCUT2D eigenvalue weighted by Gasteiger charge is -1.90. The van der Waals surface area contributed by atoms with Gasteiger partial charge in [0.05, 0.1) is 25.0 Å². The van der Waals surface area contributed by atoms with Crippen LogP contribution in [0.1, 0.15) is 13.8 Å². The van der Waals surface area contributed by atoms with Crippen LogP contribution in [0.2, 0.25) is 0 Å². The maximum Gasteiger partial charge on any atom is 0.308 e. The van der Waals surface area contributed by atoms with E-state index < -0.39 is 5.97 Å². The van der Waals surface area contributed by atoms with E-state index in [1.165, 1.54) is 19.3 Å². The van der Waals surface area contributed by atoms with Gasteiger partial charge >= 0.3 is 5.97 Å². The molecule has 0 heterocycles. The summed E-state index contributed by atoms with van der Waals surface area (Å²) in [6, 6.07) is 3.36. The molecule has 0 aromatic rings. The Morgan fingerprint density at radius 1 is 1.53 bits per heavy atom. The van der Waals surface area contributed by atoms with Crippen molar-refractivity contribution < 1.29 is 14.3 Å². The molecule has 0 aliphatic rings. The van der Waals surface area contributed by atoms with E-state index in [0.29, 0.717) is 6.61 Å². The predicted octanol–water partition coefficient (Wildman–Crippen LogP) is 1.65. The minimum Gasteiger partial charge on any atom is -0.501 e. The van der Waals surface area contributed by atoms with Gasteiger partial charge in [0.1, 0.15) is 6.07 Å². The molecule has 0 unspecified atom stereocenters. The number of carbonyl (C=O) groups is 1. The van der Waals surface area contributed by atoms with Crippen molar-refractivity contribution >= 4 is 5.97 Å². The molecule has 0 radical (unpaired) electrons. The molecule has 0 saturated heterocycles. The Bertz CT molecular complexity index is 308. The molecular formula is C10H12N2O3. The fourth-order valence-electron chi connectivity index (χ4n) is 0.371. The van der Waals surface area contributed by atoms with Crippen molar-refractivity contribution in [2.45, 2.75) is 13.8 Å². The van der Waals surface area contributed by atoms with Gasteiger partial charge in [-0.2, -0.15) is 10.5 Å². The maximum atomic E-state index is 9.98. The molecule has 0 fully saturated rings. The zero-order valence-corrected chi connectivity index (χ0v) is 8.69. The number of hydrogen-bond acceptors (Lipinski definition) is 5. The van der Waals surface area contributed by atoms with Crippen LogP contribution in [0.5, 0.6) is 0 Å². The normalized spacial score (nSPS) is 7.73. The molecule has 5 nitrogen and oxygen atoms in total. The summed E-state index contributed by atoms with van der Waals surface area (Å²) in [4.78, 5) is 9.98. The Morgan fingerprint density at radius 2 is 2.13 bits per heavy atom. The highest BCUT2D eigenvalue weighted by Gasteiger charge is 1.93. The fraction of sp³-hybridized carbons (Fsp3) is 0.300. The van der Waals surface area contributed by atoms with Crippen LogP contribution in [0.15, 0.2) is 24.7 Å². The third kappa shape index (κ3) is 18.6. The summed E-state index contributed by atoms with van der Waals surface area (Å²) in [5.74, 6) is -0.686. The van der Waals surface area contributed by atoms with Crippen LogP contribution >= 0.6 is 0 Å². The van der Waals surface area contributed by atoms with E-state index in [2.05, 4.69) is 16.1 Å². The number of hydrogen-bond donors (Lipinski definition) is 0. The van der Waals surface area contributed by atoms with Crippen molar-refractivity contribution in [1.29, 1.82) is 10.5 Å². The molecular weight excluding hydrogens is 196 g/mol. The number of nitriles is 2. The molecule has 15 heavy (non-hydrogen) atoms. The monoisotopic (exact) mass is 208 g/mol. The van der Waals surface area contributed by atoms with Crippen LogP contribution in [0, 0.1) is 22.7 Å². The van der Waals surface area contributed by atoms with Gasteiger partial charge in [-0.05, 0) is 13.5 Å². The van der Waals surface area contributed by atoms with Gasteiger partial charge in [0.25, 0.3) is 0 Å². The summed E-state index contributed by atoms with van der Waals surface area (Å²) in [6.45, 7) is 6.81. The first-order valence-corrected chi connectivity index (χ1v) is 4.02. The van der Waals surface area contributed by atoms with E-state index >= 15 is 0 Å². The second-order valence-electron chi connectivity index (χ2n) is 2.02. The average molecular weight is 208 g/mol. The molecule has 0 rings (SSSR count). The van der Waals surface area contributed by atoms with Crippen molar-refractivity contribution in [3.63, 3.8) is 0 Å². The summed E-state index contributed by atoms with van der Waals surface area (Å²) < 4.78 is 8.88. The van der Waals surface area contributed by atoms with Crippen molar-refractivity contribution in [2.75, 3.05) is 6.61 Å². The van der Waals surface area contributed by atoms with Crippen molar-refractivity contribution in [3.8, 4) is 12.1 Å². The SMILES string of the molecule is C=C(C#N)OC(C)=O.CCO/C=C/C#N. The van der Waals surface area contributed by atoms with Crippen molar-refractivity contribution in [3.05, 3.63) is 24.7 Å². The van der Waals surface area contributed by atoms with E-state index in [9.17, 15) is 4.79 Å². The number of esters is 1. The number of allylic oxidation sites excluding steroid dienone is 2. The Labute approximate surface area is 88.8 Å². The molecule has 80 valence electrons. The highest BCUT2D eigenvalue weighted by Crippen LogP contribution is 1.88. The highest BCUT2D eigenvalue weighted by molar-refractivity contribution is 5.67. The Kier molecular flexibility index (Phi) is 11.9. The summed E-state index contributed by atoms with van der Waals surface area (Å²) in [6.07, 6.45) is 2.67. The Morgan fingerprint density at radius 3 is 2.40 bits per heavy atom. The van der Waals surface area contributed by atoms with E-state index in [0.717, 1.165) is 0 Å². The average Bonchev–Trinajstić information content (AvgIpc) is 2.18. The molecule has 0 N–H and O–H groups in total. The molecule has 0 aliphatic heterocycles. The second kappa shape index (κ2) is 11.7. The first kappa shape index (κ1) is 15.2. The third-order valence-corrected chi connectivity index (χ3v) is 0.797. The number of carbonyl (C=O) groups excluding carboxylic acids is 1. The maximum absolute atomic E-state index is 9.98. The Hall–Kier alpha value is -2.27. The first-order chi connectivity index (χ1) is 7.08. The van der Waals surface area contributed by atoms with Gasteiger partial charge in [-0.15, -0.1) is 0 Å². The summed E-state index contributed by atoms with van der Waals surface area (Å²) >= 11 is 0. The molecule has 0 aliphatic carbocycles. The minimum absolute atomic E-state index is 0.169. The molecule has 0 bridgehead atoms. The van der Waals surface area contributed by atoms with Crippen LogP contribution < -0.4 is 0 Å². The zero-order chi connectivity index (χ0) is 12.1. The van der Waals surface area contributed by atoms with Crippen LogP contribution in [0.3, 0.4) is 0 Å². The van der Waals surface area contributed by atoms with E-state index in [4.69, 9.17) is 10.5 Å². The Balaban J connectivity index is 0. The predicted molar refractivity (Wildman–Crippen MR) is 52.9 cm³/mol. The molecule has 0 aromatic carbocycles.